The van der Waals surface area contributed by atoms with Crippen LogP contribution in [0.5, 0.6) is 11.6 Å². The monoisotopic (exact) mass is 337 g/mol. The number of ether oxygens (including phenoxy) is 2. The molecule has 0 saturated carbocycles. The largest absolute Gasteiger partial charge is 0.490 e. The van der Waals surface area contributed by atoms with E-state index in [1.165, 1.54) is 12.3 Å². The van der Waals surface area contributed by atoms with Gasteiger partial charge in [0.1, 0.15) is 24.5 Å². The summed E-state index contributed by atoms with van der Waals surface area (Å²) in [5, 5.41) is 9.05. The van der Waals surface area contributed by atoms with Gasteiger partial charge in [-0.3, -0.25) is 0 Å². The number of pyridine rings is 1. The molecule has 0 aliphatic carbocycles. The molecule has 1 N–H and O–H groups in total. The zero-order valence-electron chi connectivity index (χ0n) is 10.5. The number of benzene rings is 1. The van der Waals surface area contributed by atoms with Gasteiger partial charge in [0, 0.05) is 10.7 Å². The Morgan fingerprint density at radius 3 is 2.60 bits per heavy atom. The van der Waals surface area contributed by atoms with Gasteiger partial charge in [-0.25, -0.2) is 9.78 Å². The number of rotatable bonds is 6. The molecule has 1 heterocycles. The Balaban J connectivity index is 1.90. The zero-order chi connectivity index (χ0) is 14.4. The molecule has 0 aliphatic rings. The maximum atomic E-state index is 11.1. The van der Waals surface area contributed by atoms with Gasteiger partial charge < -0.3 is 14.6 Å². The lowest BCUT2D eigenvalue weighted by molar-refractivity contribution is 0.0690. The average Bonchev–Trinajstić information content (AvgIpc) is 2.45. The third kappa shape index (κ3) is 3.96. The van der Waals surface area contributed by atoms with Gasteiger partial charge in [-0.2, -0.15) is 0 Å². The summed E-state index contributed by atoms with van der Waals surface area (Å²) in [7, 11) is 0. The summed E-state index contributed by atoms with van der Waals surface area (Å²) < 4.78 is 11.4. The molecule has 6 heteroatoms. The molecular formula is C14H12BrNO4. The van der Waals surface area contributed by atoms with Crippen LogP contribution in [0.4, 0.5) is 0 Å². The van der Waals surface area contributed by atoms with Crippen LogP contribution >= 0.6 is 15.9 Å². The minimum absolute atomic E-state index is 0.0130. The minimum Gasteiger partial charge on any atom is -0.490 e. The average molecular weight is 338 g/mol. The molecule has 5 nitrogen and oxygen atoms in total. The fraction of sp³-hybridized carbons (Fsp3) is 0.143. The van der Waals surface area contributed by atoms with E-state index in [-0.39, 0.29) is 18.1 Å². The second-order valence-electron chi connectivity index (χ2n) is 3.82. The van der Waals surface area contributed by atoms with Crippen molar-refractivity contribution in [3.05, 3.63) is 52.6 Å². The number of aromatic nitrogens is 1. The van der Waals surface area contributed by atoms with Gasteiger partial charge >= 0.3 is 5.97 Å². The third-order valence-corrected chi connectivity index (χ3v) is 2.82. The Labute approximate surface area is 124 Å². The van der Waals surface area contributed by atoms with E-state index in [9.17, 15) is 4.79 Å². The maximum absolute atomic E-state index is 11.1. The number of aromatic carboxylic acids is 1. The molecule has 0 radical (unpaired) electrons. The molecule has 0 saturated heterocycles. The van der Waals surface area contributed by atoms with E-state index in [2.05, 4.69) is 20.9 Å². The van der Waals surface area contributed by atoms with E-state index < -0.39 is 5.97 Å². The highest BCUT2D eigenvalue weighted by Gasteiger charge is 2.13. The van der Waals surface area contributed by atoms with Crippen molar-refractivity contribution in [2.45, 2.75) is 0 Å². The standard InChI is InChI=1S/C14H12BrNO4/c15-10-8-12(14(17)18)13(16-9-10)20-7-6-19-11-4-2-1-3-5-11/h1-5,8-9H,6-7H2,(H,17,18). The number of carboxylic acid groups (broad SMARTS) is 1. The quantitative estimate of drug-likeness (QED) is 0.820. The van der Waals surface area contributed by atoms with Crippen LogP contribution in [-0.2, 0) is 0 Å². The molecule has 0 aliphatic heterocycles. The van der Waals surface area contributed by atoms with Crippen LogP contribution in [0.1, 0.15) is 10.4 Å². The first-order valence-corrected chi connectivity index (χ1v) is 6.65. The molecule has 1 aromatic heterocycles. The Bertz CT molecular complexity index is 589. The second-order valence-corrected chi connectivity index (χ2v) is 4.74. The van der Waals surface area contributed by atoms with Crippen molar-refractivity contribution >= 4 is 21.9 Å². The molecular weight excluding hydrogens is 326 g/mol. The van der Waals surface area contributed by atoms with E-state index >= 15 is 0 Å². The van der Waals surface area contributed by atoms with Crippen LogP contribution in [0.2, 0.25) is 0 Å². The van der Waals surface area contributed by atoms with E-state index in [4.69, 9.17) is 14.6 Å². The number of para-hydroxylation sites is 1. The molecule has 0 spiro atoms. The Kier molecular flexibility index (Phi) is 4.95. The van der Waals surface area contributed by atoms with Crippen molar-refractivity contribution in [2.75, 3.05) is 13.2 Å². The molecule has 0 bridgehead atoms. The fourth-order valence-electron chi connectivity index (χ4n) is 1.51. The van der Waals surface area contributed by atoms with E-state index in [0.717, 1.165) is 5.75 Å². The zero-order valence-corrected chi connectivity index (χ0v) is 12.0. The smallest absolute Gasteiger partial charge is 0.341 e. The predicted molar refractivity (Wildman–Crippen MR) is 76.3 cm³/mol. The number of halogens is 1. The van der Waals surface area contributed by atoms with Crippen molar-refractivity contribution in [3.8, 4) is 11.6 Å². The molecule has 0 fully saturated rings. The highest BCUT2D eigenvalue weighted by Crippen LogP contribution is 2.20. The molecule has 2 rings (SSSR count). The number of nitrogens with zero attached hydrogens (tertiary/aromatic N) is 1. The van der Waals surface area contributed by atoms with Crippen molar-refractivity contribution in [2.24, 2.45) is 0 Å². The van der Waals surface area contributed by atoms with Gasteiger partial charge in [0.15, 0.2) is 0 Å². The first-order valence-electron chi connectivity index (χ1n) is 5.86. The molecule has 0 amide bonds. The maximum Gasteiger partial charge on any atom is 0.341 e. The molecule has 104 valence electrons. The van der Waals surface area contributed by atoms with Gasteiger partial charge in [-0.1, -0.05) is 18.2 Å². The van der Waals surface area contributed by atoms with Crippen LogP contribution in [0.3, 0.4) is 0 Å². The highest BCUT2D eigenvalue weighted by molar-refractivity contribution is 9.10. The molecule has 0 unspecified atom stereocenters. The summed E-state index contributed by atoms with van der Waals surface area (Å²) in [5.74, 6) is -0.270. The molecule has 2 aromatic rings. The van der Waals surface area contributed by atoms with Crippen LogP contribution < -0.4 is 9.47 Å². The fourth-order valence-corrected chi connectivity index (χ4v) is 1.84. The summed E-state index contributed by atoms with van der Waals surface area (Å²) in [5.41, 5.74) is 0.0130. The number of hydrogen-bond donors (Lipinski definition) is 1. The van der Waals surface area contributed by atoms with Crippen LogP contribution in [0.15, 0.2) is 47.1 Å². The number of hydrogen-bond acceptors (Lipinski definition) is 4. The first kappa shape index (κ1) is 14.3. The van der Waals surface area contributed by atoms with Gasteiger partial charge in [0.25, 0.3) is 0 Å². The topological polar surface area (TPSA) is 68.7 Å². The minimum atomic E-state index is -1.09. The summed E-state index contributed by atoms with van der Waals surface area (Å²) >= 11 is 3.17. The van der Waals surface area contributed by atoms with E-state index in [1.807, 2.05) is 30.3 Å². The predicted octanol–water partition coefficient (Wildman–Crippen LogP) is 3.00. The SMILES string of the molecule is O=C(O)c1cc(Br)cnc1OCCOc1ccccc1. The Hall–Kier alpha value is -2.08. The van der Waals surface area contributed by atoms with Gasteiger partial charge in [-0.05, 0) is 34.1 Å². The summed E-state index contributed by atoms with van der Waals surface area (Å²) in [6.07, 6.45) is 1.49. The lowest BCUT2D eigenvalue weighted by Gasteiger charge is -2.09. The molecule has 1 aromatic carbocycles. The second kappa shape index (κ2) is 6.91. The van der Waals surface area contributed by atoms with E-state index in [1.54, 1.807) is 0 Å². The third-order valence-electron chi connectivity index (χ3n) is 2.38. The lowest BCUT2D eigenvalue weighted by atomic mass is 10.3. The highest BCUT2D eigenvalue weighted by atomic mass is 79.9. The first-order chi connectivity index (χ1) is 9.66. The Morgan fingerprint density at radius 2 is 1.90 bits per heavy atom. The summed E-state index contributed by atoms with van der Waals surface area (Å²) in [6, 6.07) is 10.8. The normalized spacial score (nSPS) is 10.1. The van der Waals surface area contributed by atoms with Gasteiger partial charge in [0.05, 0.1) is 0 Å². The summed E-state index contributed by atoms with van der Waals surface area (Å²) in [6.45, 7) is 0.518. The Morgan fingerprint density at radius 1 is 1.20 bits per heavy atom. The van der Waals surface area contributed by atoms with Crippen molar-refractivity contribution in [1.29, 1.82) is 0 Å². The van der Waals surface area contributed by atoms with Crippen LogP contribution in [-0.4, -0.2) is 29.3 Å². The summed E-state index contributed by atoms with van der Waals surface area (Å²) in [4.78, 5) is 15.0. The van der Waals surface area contributed by atoms with Crippen LogP contribution in [0.25, 0.3) is 0 Å². The lowest BCUT2D eigenvalue weighted by Crippen LogP contribution is -2.12. The molecule has 20 heavy (non-hydrogen) atoms. The van der Waals surface area contributed by atoms with Crippen molar-refractivity contribution in [1.82, 2.24) is 4.98 Å². The van der Waals surface area contributed by atoms with E-state index in [0.29, 0.717) is 11.1 Å². The number of carbonyl (C=O) groups is 1. The van der Waals surface area contributed by atoms with Crippen molar-refractivity contribution in [3.63, 3.8) is 0 Å². The van der Waals surface area contributed by atoms with Crippen LogP contribution in [0, 0.1) is 0 Å². The van der Waals surface area contributed by atoms with Gasteiger partial charge in [-0.15, -0.1) is 0 Å². The van der Waals surface area contributed by atoms with Crippen molar-refractivity contribution < 1.29 is 19.4 Å². The van der Waals surface area contributed by atoms with Gasteiger partial charge in [0.2, 0.25) is 5.88 Å². The molecule has 0 atom stereocenters. The number of carboxylic acids is 1.